The molecule has 0 radical (unpaired) electrons. The minimum atomic E-state index is 0.685. The van der Waals surface area contributed by atoms with Crippen LogP contribution in [0, 0.1) is 11.8 Å². The highest BCUT2D eigenvalue weighted by Gasteiger charge is 2.31. The average Bonchev–Trinajstić information content (AvgIpc) is 2.66. The maximum Gasteiger partial charge on any atom is 0.0246 e. The lowest BCUT2D eigenvalue weighted by molar-refractivity contribution is 0.160. The summed E-state index contributed by atoms with van der Waals surface area (Å²) in [5.41, 5.74) is 6.08. The minimum absolute atomic E-state index is 0.685. The van der Waals surface area contributed by atoms with E-state index in [0.29, 0.717) is 6.04 Å². The second-order valence-electron chi connectivity index (χ2n) is 6.11. The van der Waals surface area contributed by atoms with Crippen molar-refractivity contribution in [3.8, 4) is 0 Å². The van der Waals surface area contributed by atoms with Crippen LogP contribution in [-0.2, 0) is 0 Å². The van der Waals surface area contributed by atoms with E-state index in [1.54, 1.807) is 0 Å². The molecule has 0 aromatic rings. The molecule has 2 N–H and O–H groups in total. The van der Waals surface area contributed by atoms with Gasteiger partial charge in [0.2, 0.25) is 0 Å². The van der Waals surface area contributed by atoms with E-state index in [1.807, 2.05) is 0 Å². The Kier molecular flexibility index (Phi) is 5.30. The van der Waals surface area contributed by atoms with Gasteiger partial charge in [-0.3, -0.25) is 4.90 Å². The summed E-state index contributed by atoms with van der Waals surface area (Å²) in [5, 5.41) is 0. The Hall–Kier alpha value is -0.0800. The van der Waals surface area contributed by atoms with E-state index in [9.17, 15) is 0 Å². The molecule has 2 heteroatoms. The fourth-order valence-corrected chi connectivity index (χ4v) is 3.83. The van der Waals surface area contributed by atoms with Crippen LogP contribution in [0.3, 0.4) is 0 Å². The van der Waals surface area contributed by atoms with E-state index in [-0.39, 0.29) is 0 Å². The number of hydrogen-bond donors (Lipinski definition) is 1. The van der Waals surface area contributed by atoms with Gasteiger partial charge in [0.1, 0.15) is 0 Å². The Morgan fingerprint density at radius 3 is 2.35 bits per heavy atom. The van der Waals surface area contributed by atoms with Crippen LogP contribution in [-0.4, -0.2) is 30.6 Å². The zero-order chi connectivity index (χ0) is 12.1. The zero-order valence-electron chi connectivity index (χ0n) is 11.5. The third-order valence-corrected chi connectivity index (χ3v) is 5.05. The van der Waals surface area contributed by atoms with Crippen molar-refractivity contribution in [3.05, 3.63) is 0 Å². The van der Waals surface area contributed by atoms with Gasteiger partial charge in [-0.25, -0.2) is 0 Å². The largest absolute Gasteiger partial charge is 0.329 e. The fraction of sp³-hybridized carbons (Fsp3) is 1.00. The first kappa shape index (κ1) is 13.4. The Balaban J connectivity index is 1.90. The molecule has 100 valence electrons. The Morgan fingerprint density at radius 2 is 1.82 bits per heavy atom. The van der Waals surface area contributed by atoms with Gasteiger partial charge in [-0.15, -0.1) is 0 Å². The second-order valence-corrected chi connectivity index (χ2v) is 6.11. The van der Waals surface area contributed by atoms with Gasteiger partial charge >= 0.3 is 0 Å². The molecule has 0 bridgehead atoms. The molecule has 2 atom stereocenters. The number of rotatable bonds is 4. The van der Waals surface area contributed by atoms with Gasteiger partial charge in [0.25, 0.3) is 0 Å². The highest BCUT2D eigenvalue weighted by Crippen LogP contribution is 2.31. The first-order valence-electron chi connectivity index (χ1n) is 7.79. The molecule has 0 aromatic heterocycles. The molecule has 1 saturated heterocycles. The highest BCUT2D eigenvalue weighted by atomic mass is 15.2. The maximum atomic E-state index is 6.08. The van der Waals surface area contributed by atoms with Crippen LogP contribution in [0.2, 0.25) is 0 Å². The Bertz CT molecular complexity index is 209. The van der Waals surface area contributed by atoms with Crippen LogP contribution in [0.15, 0.2) is 0 Å². The molecule has 2 unspecified atom stereocenters. The van der Waals surface area contributed by atoms with Gasteiger partial charge in [-0.05, 0) is 37.6 Å². The summed E-state index contributed by atoms with van der Waals surface area (Å²) in [6, 6.07) is 0.685. The third kappa shape index (κ3) is 3.45. The summed E-state index contributed by atoms with van der Waals surface area (Å²) in [5.74, 6) is 1.83. The predicted molar refractivity (Wildman–Crippen MR) is 74.0 cm³/mol. The standard InChI is InChI=1S/C15H30N2/c1-2-13-9-10-17(12-13)15(11-16)14-7-5-3-4-6-8-14/h13-15H,2-12,16H2,1H3. The van der Waals surface area contributed by atoms with Crippen LogP contribution in [0.1, 0.15) is 58.3 Å². The summed E-state index contributed by atoms with van der Waals surface area (Å²) in [4.78, 5) is 2.71. The summed E-state index contributed by atoms with van der Waals surface area (Å²) < 4.78 is 0. The van der Waals surface area contributed by atoms with E-state index in [0.717, 1.165) is 18.4 Å². The van der Waals surface area contributed by atoms with Crippen LogP contribution < -0.4 is 5.73 Å². The van der Waals surface area contributed by atoms with Gasteiger partial charge in [-0.2, -0.15) is 0 Å². The third-order valence-electron chi connectivity index (χ3n) is 5.05. The van der Waals surface area contributed by atoms with Crippen LogP contribution in [0.5, 0.6) is 0 Å². The van der Waals surface area contributed by atoms with Crippen molar-refractivity contribution in [1.29, 1.82) is 0 Å². The molecule has 1 aliphatic heterocycles. The molecule has 2 nitrogen and oxygen atoms in total. The van der Waals surface area contributed by atoms with Crippen molar-refractivity contribution in [3.63, 3.8) is 0 Å². The smallest absolute Gasteiger partial charge is 0.0246 e. The highest BCUT2D eigenvalue weighted by molar-refractivity contribution is 4.86. The van der Waals surface area contributed by atoms with Crippen molar-refractivity contribution in [2.75, 3.05) is 19.6 Å². The molecule has 0 spiro atoms. The zero-order valence-corrected chi connectivity index (χ0v) is 11.5. The average molecular weight is 238 g/mol. The quantitative estimate of drug-likeness (QED) is 0.763. The van der Waals surface area contributed by atoms with E-state index < -0.39 is 0 Å². The molecule has 1 heterocycles. The lowest BCUT2D eigenvalue weighted by Crippen LogP contribution is -2.44. The van der Waals surface area contributed by atoms with E-state index in [2.05, 4.69) is 11.8 Å². The minimum Gasteiger partial charge on any atom is -0.329 e. The van der Waals surface area contributed by atoms with E-state index in [4.69, 9.17) is 5.73 Å². The molecular formula is C15H30N2. The molecule has 1 aliphatic carbocycles. The molecular weight excluding hydrogens is 208 g/mol. The van der Waals surface area contributed by atoms with Crippen molar-refractivity contribution in [2.24, 2.45) is 17.6 Å². The molecule has 2 rings (SSSR count). The molecule has 0 aromatic carbocycles. The molecule has 1 saturated carbocycles. The lowest BCUT2D eigenvalue weighted by Gasteiger charge is -2.33. The maximum absolute atomic E-state index is 6.08. The predicted octanol–water partition coefficient (Wildman–Crippen LogP) is 3.02. The fourth-order valence-electron chi connectivity index (χ4n) is 3.83. The Labute approximate surface area is 107 Å². The number of hydrogen-bond acceptors (Lipinski definition) is 2. The van der Waals surface area contributed by atoms with Crippen molar-refractivity contribution in [1.82, 2.24) is 4.90 Å². The van der Waals surface area contributed by atoms with Gasteiger partial charge < -0.3 is 5.73 Å². The molecule has 2 fully saturated rings. The summed E-state index contributed by atoms with van der Waals surface area (Å²) in [6.45, 7) is 5.82. The van der Waals surface area contributed by atoms with Crippen LogP contribution >= 0.6 is 0 Å². The summed E-state index contributed by atoms with van der Waals surface area (Å²) in [7, 11) is 0. The first-order chi connectivity index (χ1) is 8.35. The van der Waals surface area contributed by atoms with Crippen LogP contribution in [0.4, 0.5) is 0 Å². The molecule has 2 aliphatic rings. The van der Waals surface area contributed by atoms with Gasteiger partial charge in [0.05, 0.1) is 0 Å². The van der Waals surface area contributed by atoms with E-state index >= 15 is 0 Å². The van der Waals surface area contributed by atoms with Gasteiger partial charge in [0.15, 0.2) is 0 Å². The monoisotopic (exact) mass is 238 g/mol. The SMILES string of the molecule is CCC1CCN(C(CN)C2CCCCCC2)C1. The normalized spacial score (nSPS) is 30.4. The van der Waals surface area contributed by atoms with Gasteiger partial charge in [-0.1, -0.05) is 39.0 Å². The van der Waals surface area contributed by atoms with Crippen LogP contribution in [0.25, 0.3) is 0 Å². The molecule has 0 amide bonds. The number of nitrogens with two attached hydrogens (primary N) is 1. The van der Waals surface area contributed by atoms with Gasteiger partial charge in [0, 0.05) is 19.1 Å². The molecule has 17 heavy (non-hydrogen) atoms. The van der Waals surface area contributed by atoms with E-state index in [1.165, 1.54) is 64.5 Å². The second kappa shape index (κ2) is 6.75. The first-order valence-corrected chi connectivity index (χ1v) is 7.79. The lowest BCUT2D eigenvalue weighted by atomic mass is 9.91. The number of likely N-dealkylation sites (tertiary alicyclic amines) is 1. The van der Waals surface area contributed by atoms with Crippen molar-refractivity contribution < 1.29 is 0 Å². The topological polar surface area (TPSA) is 29.3 Å². The van der Waals surface area contributed by atoms with Crippen molar-refractivity contribution >= 4 is 0 Å². The van der Waals surface area contributed by atoms with Crippen molar-refractivity contribution in [2.45, 2.75) is 64.3 Å². The Morgan fingerprint density at radius 1 is 1.12 bits per heavy atom. The number of nitrogens with zero attached hydrogens (tertiary/aromatic N) is 1. The summed E-state index contributed by atoms with van der Waals surface area (Å²) >= 11 is 0. The summed E-state index contributed by atoms with van der Waals surface area (Å²) in [6.07, 6.45) is 11.4.